The third-order valence-corrected chi connectivity index (χ3v) is 7.53. The minimum absolute atomic E-state index is 0.141. The topological polar surface area (TPSA) is 134 Å². The van der Waals surface area contributed by atoms with Gasteiger partial charge in [0.05, 0.1) is 17.1 Å². The zero-order valence-corrected chi connectivity index (χ0v) is 25.4. The number of ether oxygens (including phenoxy) is 1. The Morgan fingerprint density at radius 1 is 0.867 bits per heavy atom. The summed E-state index contributed by atoms with van der Waals surface area (Å²) in [5, 5.41) is 24.8. The summed E-state index contributed by atoms with van der Waals surface area (Å²) < 4.78 is 7.88. The van der Waals surface area contributed by atoms with Crippen LogP contribution < -0.4 is 20.7 Å². The first-order valence-corrected chi connectivity index (χ1v) is 14.8. The van der Waals surface area contributed by atoms with Gasteiger partial charge in [0.2, 0.25) is 0 Å². The summed E-state index contributed by atoms with van der Waals surface area (Å²) in [5.41, 5.74) is 1.83. The predicted molar refractivity (Wildman–Crippen MR) is 175 cm³/mol. The molecule has 3 aromatic carbocycles. The van der Waals surface area contributed by atoms with Crippen molar-refractivity contribution in [2.75, 3.05) is 29.0 Å². The molecule has 4 amide bonds. The maximum atomic E-state index is 13.3. The number of aromatic hydroxyl groups is 1. The molecule has 1 aliphatic heterocycles. The van der Waals surface area contributed by atoms with Crippen LogP contribution in [0.3, 0.4) is 0 Å². The summed E-state index contributed by atoms with van der Waals surface area (Å²) in [6, 6.07) is 22.5. The van der Waals surface area contributed by atoms with E-state index >= 15 is 0 Å². The minimum atomic E-state index is -0.443. The SMILES string of the molecule is CC(C)(C)c1cc(NC(=O)Nc2ccc(Oc3ccnc(NC(=O)N4CCCC4)c3)c3ccccc23)n(-c2ccc(O)cc2)n1. The molecule has 0 bridgehead atoms. The number of hydrogen-bond donors (Lipinski definition) is 4. The van der Waals surface area contributed by atoms with E-state index in [9.17, 15) is 14.7 Å². The van der Waals surface area contributed by atoms with Crippen molar-refractivity contribution in [1.29, 1.82) is 0 Å². The van der Waals surface area contributed by atoms with Crippen LogP contribution in [-0.4, -0.2) is 49.9 Å². The van der Waals surface area contributed by atoms with Crippen LogP contribution in [0.5, 0.6) is 17.2 Å². The van der Waals surface area contributed by atoms with Gasteiger partial charge >= 0.3 is 12.1 Å². The van der Waals surface area contributed by atoms with Gasteiger partial charge in [-0.2, -0.15) is 5.10 Å². The predicted octanol–water partition coefficient (Wildman–Crippen LogP) is 7.49. The number of fused-ring (bicyclic) bond motifs is 1. The van der Waals surface area contributed by atoms with Crippen LogP contribution in [0.2, 0.25) is 0 Å². The summed E-state index contributed by atoms with van der Waals surface area (Å²) in [6.07, 6.45) is 3.60. The first-order valence-electron chi connectivity index (χ1n) is 14.8. The number of amides is 4. The number of rotatable bonds is 6. The van der Waals surface area contributed by atoms with Gasteiger partial charge in [-0.1, -0.05) is 45.0 Å². The van der Waals surface area contributed by atoms with E-state index < -0.39 is 6.03 Å². The molecule has 0 radical (unpaired) electrons. The Morgan fingerprint density at radius 2 is 1.60 bits per heavy atom. The molecule has 11 nitrogen and oxygen atoms in total. The van der Waals surface area contributed by atoms with Crippen LogP contribution in [-0.2, 0) is 5.41 Å². The normalized spacial score (nSPS) is 13.1. The average Bonchev–Trinajstić information content (AvgIpc) is 3.70. The molecule has 1 saturated heterocycles. The number of carbonyl (C=O) groups is 2. The number of urea groups is 2. The number of nitrogens with one attached hydrogen (secondary N) is 3. The van der Waals surface area contributed by atoms with Crippen molar-refractivity contribution >= 4 is 40.2 Å². The van der Waals surface area contributed by atoms with E-state index in [2.05, 4.69) is 20.9 Å². The molecule has 3 heterocycles. The van der Waals surface area contributed by atoms with Gasteiger partial charge in [-0.3, -0.25) is 10.6 Å². The Hall–Kier alpha value is -5.58. The fourth-order valence-electron chi connectivity index (χ4n) is 5.15. The van der Waals surface area contributed by atoms with Gasteiger partial charge in [0.1, 0.15) is 28.9 Å². The number of hydrogen-bond acceptors (Lipinski definition) is 6. The lowest BCUT2D eigenvalue weighted by Crippen LogP contribution is -2.32. The lowest BCUT2D eigenvalue weighted by Gasteiger charge is -2.16. The van der Waals surface area contributed by atoms with E-state index in [0.717, 1.165) is 42.4 Å². The fraction of sp³-hybridized carbons (Fsp3) is 0.235. The Morgan fingerprint density at radius 3 is 2.33 bits per heavy atom. The van der Waals surface area contributed by atoms with E-state index in [4.69, 9.17) is 9.84 Å². The molecule has 0 aliphatic carbocycles. The highest BCUT2D eigenvalue weighted by atomic mass is 16.5. The summed E-state index contributed by atoms with van der Waals surface area (Å²) in [7, 11) is 0. The molecule has 0 atom stereocenters. The quantitative estimate of drug-likeness (QED) is 0.159. The van der Waals surface area contributed by atoms with Gasteiger partial charge in [-0.15, -0.1) is 0 Å². The molecule has 45 heavy (non-hydrogen) atoms. The van der Waals surface area contributed by atoms with E-state index in [1.165, 1.54) is 0 Å². The number of benzene rings is 3. The van der Waals surface area contributed by atoms with Crippen molar-refractivity contribution < 1.29 is 19.4 Å². The first-order chi connectivity index (χ1) is 21.6. The van der Waals surface area contributed by atoms with Crippen molar-refractivity contribution in [1.82, 2.24) is 19.7 Å². The Labute approximate surface area is 260 Å². The molecule has 2 aromatic heterocycles. The molecule has 230 valence electrons. The van der Waals surface area contributed by atoms with Crippen LogP contribution in [0, 0.1) is 0 Å². The van der Waals surface area contributed by atoms with Crippen LogP contribution in [0.25, 0.3) is 16.5 Å². The highest BCUT2D eigenvalue weighted by Crippen LogP contribution is 2.35. The molecule has 6 rings (SSSR count). The number of anilines is 3. The number of carbonyl (C=O) groups excluding carboxylic acids is 2. The van der Waals surface area contributed by atoms with E-state index in [1.54, 1.807) is 64.3 Å². The second-order valence-electron chi connectivity index (χ2n) is 11.9. The van der Waals surface area contributed by atoms with Gasteiger partial charge in [0.25, 0.3) is 0 Å². The fourth-order valence-corrected chi connectivity index (χ4v) is 5.15. The first kappa shape index (κ1) is 29.5. The summed E-state index contributed by atoms with van der Waals surface area (Å²) in [5.74, 6) is 2.13. The number of phenols is 1. The van der Waals surface area contributed by atoms with E-state index in [0.29, 0.717) is 34.5 Å². The highest BCUT2D eigenvalue weighted by Gasteiger charge is 2.22. The summed E-state index contributed by atoms with van der Waals surface area (Å²) in [6.45, 7) is 7.63. The Kier molecular flexibility index (Phi) is 7.99. The summed E-state index contributed by atoms with van der Waals surface area (Å²) >= 11 is 0. The van der Waals surface area contributed by atoms with Crippen molar-refractivity contribution in [2.24, 2.45) is 0 Å². The molecular formula is C34H35N7O4. The smallest absolute Gasteiger partial charge is 0.324 e. The molecule has 0 saturated carbocycles. The van der Waals surface area contributed by atoms with Crippen molar-refractivity contribution in [2.45, 2.75) is 39.0 Å². The number of nitrogens with zero attached hydrogens (tertiary/aromatic N) is 4. The third-order valence-electron chi connectivity index (χ3n) is 7.53. The number of aromatic nitrogens is 3. The molecule has 0 spiro atoms. The van der Waals surface area contributed by atoms with Crippen molar-refractivity contribution in [3.63, 3.8) is 0 Å². The maximum absolute atomic E-state index is 13.3. The van der Waals surface area contributed by atoms with Gasteiger partial charge < -0.3 is 20.1 Å². The molecule has 1 aliphatic rings. The van der Waals surface area contributed by atoms with Crippen molar-refractivity contribution in [3.05, 3.63) is 90.8 Å². The van der Waals surface area contributed by atoms with Gasteiger partial charge in [0, 0.05) is 47.6 Å². The third kappa shape index (κ3) is 6.67. The molecule has 5 aromatic rings. The number of phenolic OH excluding ortho intramolecular Hbond substituents is 1. The minimum Gasteiger partial charge on any atom is -0.508 e. The monoisotopic (exact) mass is 605 g/mol. The van der Waals surface area contributed by atoms with Gasteiger partial charge in [-0.05, 0) is 55.3 Å². The maximum Gasteiger partial charge on any atom is 0.324 e. The lowest BCUT2D eigenvalue weighted by molar-refractivity contribution is 0.222. The van der Waals surface area contributed by atoms with E-state index in [-0.39, 0.29) is 17.2 Å². The van der Waals surface area contributed by atoms with Crippen LogP contribution >= 0.6 is 0 Å². The van der Waals surface area contributed by atoms with Crippen LogP contribution in [0.15, 0.2) is 85.1 Å². The number of likely N-dealkylation sites (tertiary alicyclic amines) is 1. The zero-order valence-electron chi connectivity index (χ0n) is 25.4. The second kappa shape index (κ2) is 12.2. The molecule has 1 fully saturated rings. The lowest BCUT2D eigenvalue weighted by atomic mass is 9.92. The molecular weight excluding hydrogens is 570 g/mol. The zero-order chi connectivity index (χ0) is 31.6. The van der Waals surface area contributed by atoms with Crippen LogP contribution in [0.1, 0.15) is 39.3 Å². The van der Waals surface area contributed by atoms with Gasteiger partial charge in [0.15, 0.2) is 0 Å². The Balaban J connectivity index is 1.21. The van der Waals surface area contributed by atoms with Crippen LogP contribution in [0.4, 0.5) is 26.9 Å². The molecule has 4 N–H and O–H groups in total. The summed E-state index contributed by atoms with van der Waals surface area (Å²) in [4.78, 5) is 31.9. The van der Waals surface area contributed by atoms with E-state index in [1.807, 2.05) is 51.1 Å². The molecule has 0 unspecified atom stereocenters. The molecule has 11 heteroatoms. The second-order valence-corrected chi connectivity index (χ2v) is 11.9. The average molecular weight is 606 g/mol. The largest absolute Gasteiger partial charge is 0.508 e. The van der Waals surface area contributed by atoms with Crippen molar-refractivity contribution in [3.8, 4) is 22.9 Å². The van der Waals surface area contributed by atoms with Gasteiger partial charge in [-0.25, -0.2) is 19.3 Å². The highest BCUT2D eigenvalue weighted by molar-refractivity contribution is 6.07. The Bertz CT molecular complexity index is 1860. The number of pyridine rings is 1. The standard InChI is InChI=1S/C34H35N7O4/c1-34(2,3)29-21-31(41(39-29)22-10-12-23(42)13-11-22)38-32(43)36-27-14-15-28(26-9-5-4-8-25(26)27)45-24-16-17-35-30(20-24)37-33(44)40-18-6-7-19-40/h4-5,8-17,20-21,42H,6-7,18-19H2,1-3H3,(H,35,37,44)(H2,36,38,43).